The van der Waals surface area contributed by atoms with Crippen LogP contribution in [0.2, 0.25) is 0 Å². The van der Waals surface area contributed by atoms with Gasteiger partial charge in [0.15, 0.2) is 0 Å². The Morgan fingerprint density at radius 2 is 1.89 bits per heavy atom. The maximum atomic E-state index is 12.3. The molecule has 0 spiro atoms. The van der Waals surface area contributed by atoms with Crippen molar-refractivity contribution in [2.24, 2.45) is 11.3 Å². The number of carboxylic acid groups (broad SMARTS) is 1. The molecule has 1 saturated heterocycles. The van der Waals surface area contributed by atoms with Crippen molar-refractivity contribution in [2.45, 2.75) is 46.1 Å². The van der Waals surface area contributed by atoms with E-state index in [2.05, 4.69) is 10.6 Å². The molecule has 3 N–H and O–H groups in total. The van der Waals surface area contributed by atoms with E-state index in [0.29, 0.717) is 0 Å². The van der Waals surface area contributed by atoms with Crippen LogP contribution in [-0.2, 0) is 9.59 Å². The van der Waals surface area contributed by atoms with Crippen LogP contribution in [-0.4, -0.2) is 36.1 Å². The largest absolute Gasteiger partial charge is 0.481 e. The second-order valence-corrected chi connectivity index (χ2v) is 5.73. The highest BCUT2D eigenvalue weighted by atomic mass is 16.4. The zero-order valence-corrected chi connectivity index (χ0v) is 11.5. The zero-order valence-electron chi connectivity index (χ0n) is 11.5. The third kappa shape index (κ3) is 3.98. The molecule has 0 aromatic heterocycles. The molecule has 104 valence electrons. The van der Waals surface area contributed by atoms with Gasteiger partial charge in [0.2, 0.25) is 5.91 Å². The van der Waals surface area contributed by atoms with Gasteiger partial charge < -0.3 is 15.7 Å². The molecule has 0 saturated carbocycles. The van der Waals surface area contributed by atoms with Gasteiger partial charge in [0.1, 0.15) is 0 Å². The van der Waals surface area contributed by atoms with Crippen molar-refractivity contribution >= 4 is 11.9 Å². The molecule has 1 amide bonds. The van der Waals surface area contributed by atoms with Crippen LogP contribution in [0.3, 0.4) is 0 Å². The highest BCUT2D eigenvalue weighted by molar-refractivity contribution is 5.83. The van der Waals surface area contributed by atoms with Crippen molar-refractivity contribution in [3.05, 3.63) is 0 Å². The Hall–Kier alpha value is -1.10. The minimum Gasteiger partial charge on any atom is -0.481 e. The van der Waals surface area contributed by atoms with Gasteiger partial charge in [0.25, 0.3) is 0 Å². The van der Waals surface area contributed by atoms with Gasteiger partial charge in [-0.25, -0.2) is 0 Å². The molecular formula is C13H24N2O3. The summed E-state index contributed by atoms with van der Waals surface area (Å²) in [5.41, 5.74) is -0.364. The van der Waals surface area contributed by atoms with Crippen molar-refractivity contribution in [3.8, 4) is 0 Å². The highest BCUT2D eigenvalue weighted by Crippen LogP contribution is 2.28. The predicted molar refractivity (Wildman–Crippen MR) is 69.2 cm³/mol. The van der Waals surface area contributed by atoms with Crippen LogP contribution in [0.15, 0.2) is 0 Å². The van der Waals surface area contributed by atoms with Gasteiger partial charge in [-0.15, -0.1) is 0 Å². The Morgan fingerprint density at radius 3 is 2.33 bits per heavy atom. The Kier molecular flexibility index (Phi) is 5.14. The molecular weight excluding hydrogens is 232 g/mol. The minimum atomic E-state index is -0.871. The number of rotatable bonds is 5. The summed E-state index contributed by atoms with van der Waals surface area (Å²) in [7, 11) is 0. The average molecular weight is 256 g/mol. The van der Waals surface area contributed by atoms with Crippen LogP contribution in [0.25, 0.3) is 0 Å². The predicted octanol–water partition coefficient (Wildman–Crippen LogP) is 0.992. The third-order valence-electron chi connectivity index (χ3n) is 3.77. The molecule has 1 atom stereocenters. The van der Waals surface area contributed by atoms with Crippen LogP contribution >= 0.6 is 0 Å². The van der Waals surface area contributed by atoms with Crippen molar-refractivity contribution in [2.75, 3.05) is 13.1 Å². The molecule has 0 aromatic carbocycles. The quantitative estimate of drug-likeness (QED) is 0.685. The lowest BCUT2D eigenvalue weighted by atomic mass is 9.79. The fourth-order valence-corrected chi connectivity index (χ4v) is 2.19. The van der Waals surface area contributed by atoms with E-state index in [1.165, 1.54) is 0 Å². The first-order valence-electron chi connectivity index (χ1n) is 6.58. The lowest BCUT2D eigenvalue weighted by Crippen LogP contribution is -2.50. The third-order valence-corrected chi connectivity index (χ3v) is 3.77. The molecule has 0 aliphatic carbocycles. The number of amides is 1. The molecule has 1 aliphatic heterocycles. The second-order valence-electron chi connectivity index (χ2n) is 5.73. The minimum absolute atomic E-state index is 0.0102. The van der Waals surface area contributed by atoms with Crippen LogP contribution in [0.4, 0.5) is 0 Å². The normalized spacial score (nSPS) is 20.4. The van der Waals surface area contributed by atoms with Crippen molar-refractivity contribution in [3.63, 3.8) is 0 Å². The molecule has 1 aliphatic rings. The second kappa shape index (κ2) is 6.18. The molecule has 18 heavy (non-hydrogen) atoms. The zero-order chi connectivity index (χ0) is 13.8. The SMILES string of the molecule is CC(C)C(CC(=O)O)NC(=O)C1(C)CCNCC1. The van der Waals surface area contributed by atoms with Crippen molar-refractivity contribution < 1.29 is 14.7 Å². The molecule has 0 radical (unpaired) electrons. The number of hydrogen-bond acceptors (Lipinski definition) is 3. The number of nitrogens with one attached hydrogen (secondary N) is 2. The van der Waals surface area contributed by atoms with Crippen LogP contribution in [0.5, 0.6) is 0 Å². The van der Waals surface area contributed by atoms with E-state index in [0.717, 1.165) is 25.9 Å². The number of piperidine rings is 1. The van der Waals surface area contributed by atoms with E-state index in [9.17, 15) is 9.59 Å². The lowest BCUT2D eigenvalue weighted by Gasteiger charge is -2.34. The maximum absolute atomic E-state index is 12.3. The fourth-order valence-electron chi connectivity index (χ4n) is 2.19. The molecule has 1 rings (SSSR count). The Balaban J connectivity index is 2.62. The van der Waals surface area contributed by atoms with Gasteiger partial charge in [-0.05, 0) is 31.8 Å². The van der Waals surface area contributed by atoms with E-state index in [1.807, 2.05) is 20.8 Å². The number of carbonyl (C=O) groups is 2. The maximum Gasteiger partial charge on any atom is 0.305 e. The summed E-state index contributed by atoms with van der Waals surface area (Å²) in [6.07, 6.45) is 1.59. The lowest BCUT2D eigenvalue weighted by molar-refractivity contribution is -0.138. The molecule has 5 heteroatoms. The number of aliphatic carboxylic acids is 1. The number of hydrogen-bond donors (Lipinski definition) is 3. The van der Waals surface area contributed by atoms with Gasteiger partial charge in [0.05, 0.1) is 6.42 Å². The first kappa shape index (κ1) is 15.0. The van der Waals surface area contributed by atoms with E-state index in [1.54, 1.807) is 0 Å². The van der Waals surface area contributed by atoms with Gasteiger partial charge >= 0.3 is 5.97 Å². The van der Waals surface area contributed by atoms with E-state index >= 15 is 0 Å². The van der Waals surface area contributed by atoms with Crippen LogP contribution < -0.4 is 10.6 Å². The Bertz CT molecular complexity index is 309. The molecule has 0 aromatic rings. The van der Waals surface area contributed by atoms with Crippen molar-refractivity contribution in [1.29, 1.82) is 0 Å². The highest BCUT2D eigenvalue weighted by Gasteiger charge is 2.36. The van der Waals surface area contributed by atoms with E-state index in [-0.39, 0.29) is 29.7 Å². The summed E-state index contributed by atoms with van der Waals surface area (Å²) >= 11 is 0. The van der Waals surface area contributed by atoms with Crippen LogP contribution in [0.1, 0.15) is 40.0 Å². The topological polar surface area (TPSA) is 78.4 Å². The monoisotopic (exact) mass is 256 g/mol. The molecule has 0 bridgehead atoms. The Morgan fingerprint density at radius 1 is 1.33 bits per heavy atom. The number of carboxylic acids is 1. The first-order valence-corrected chi connectivity index (χ1v) is 6.58. The summed E-state index contributed by atoms with van der Waals surface area (Å²) in [6, 6.07) is -0.290. The van der Waals surface area contributed by atoms with Gasteiger partial charge in [-0.3, -0.25) is 9.59 Å². The average Bonchev–Trinajstić information content (AvgIpc) is 2.28. The molecule has 1 heterocycles. The van der Waals surface area contributed by atoms with Gasteiger partial charge in [-0.1, -0.05) is 20.8 Å². The van der Waals surface area contributed by atoms with Crippen molar-refractivity contribution in [1.82, 2.24) is 10.6 Å². The molecule has 1 unspecified atom stereocenters. The summed E-state index contributed by atoms with van der Waals surface area (Å²) in [4.78, 5) is 23.1. The first-order chi connectivity index (χ1) is 8.35. The standard InChI is InChI=1S/C13H24N2O3/c1-9(2)10(8-11(16)17)15-12(18)13(3)4-6-14-7-5-13/h9-10,14H,4-8H2,1-3H3,(H,15,18)(H,16,17). The van der Waals surface area contributed by atoms with Gasteiger partial charge in [-0.2, -0.15) is 0 Å². The van der Waals surface area contributed by atoms with E-state index in [4.69, 9.17) is 5.11 Å². The number of carbonyl (C=O) groups excluding carboxylic acids is 1. The van der Waals surface area contributed by atoms with Crippen LogP contribution in [0, 0.1) is 11.3 Å². The van der Waals surface area contributed by atoms with E-state index < -0.39 is 5.97 Å². The Labute approximate surface area is 108 Å². The smallest absolute Gasteiger partial charge is 0.305 e. The van der Waals surface area contributed by atoms with Gasteiger partial charge in [0, 0.05) is 11.5 Å². The summed E-state index contributed by atoms with van der Waals surface area (Å²) in [6.45, 7) is 7.50. The molecule has 5 nitrogen and oxygen atoms in total. The fraction of sp³-hybridized carbons (Fsp3) is 0.846. The summed E-state index contributed by atoms with van der Waals surface area (Å²) < 4.78 is 0. The summed E-state index contributed by atoms with van der Waals surface area (Å²) in [5, 5.41) is 15.0. The summed E-state index contributed by atoms with van der Waals surface area (Å²) in [5.74, 6) is -0.760. The molecule has 1 fully saturated rings.